The van der Waals surface area contributed by atoms with Gasteiger partial charge >= 0.3 is 5.97 Å². The molecule has 0 bridgehead atoms. The van der Waals surface area contributed by atoms with Crippen molar-refractivity contribution in [1.82, 2.24) is 5.32 Å². The standard InChI is InChI=1S/C15H23NO3/c1-3-4-5-8-11-16-14(15(18)19-2)12-9-6-7-10-13(12)17/h6-7,9-10,14,16-17H,3-5,8,11H2,1-2H3. The van der Waals surface area contributed by atoms with Gasteiger partial charge in [-0.3, -0.25) is 0 Å². The molecule has 0 saturated heterocycles. The lowest BCUT2D eigenvalue weighted by molar-refractivity contribution is -0.143. The van der Waals surface area contributed by atoms with E-state index in [9.17, 15) is 9.90 Å². The molecule has 4 nitrogen and oxygen atoms in total. The summed E-state index contributed by atoms with van der Waals surface area (Å²) < 4.78 is 4.79. The van der Waals surface area contributed by atoms with Crippen LogP contribution in [-0.4, -0.2) is 24.7 Å². The van der Waals surface area contributed by atoms with E-state index in [1.54, 1.807) is 24.3 Å². The Hall–Kier alpha value is -1.55. The van der Waals surface area contributed by atoms with Gasteiger partial charge in [-0.25, -0.2) is 4.79 Å². The lowest BCUT2D eigenvalue weighted by atomic mass is 10.1. The van der Waals surface area contributed by atoms with E-state index in [1.165, 1.54) is 20.0 Å². The number of esters is 1. The minimum absolute atomic E-state index is 0.110. The maximum absolute atomic E-state index is 11.8. The summed E-state index contributed by atoms with van der Waals surface area (Å²) in [5, 5.41) is 13.0. The molecule has 1 rings (SSSR count). The molecule has 4 heteroatoms. The first-order valence-corrected chi connectivity index (χ1v) is 6.79. The zero-order valence-corrected chi connectivity index (χ0v) is 11.7. The van der Waals surface area contributed by atoms with Gasteiger partial charge in [0.05, 0.1) is 7.11 Å². The van der Waals surface area contributed by atoms with Gasteiger partial charge in [0.25, 0.3) is 0 Å². The number of methoxy groups -OCH3 is 1. The Morgan fingerprint density at radius 1 is 1.32 bits per heavy atom. The summed E-state index contributed by atoms with van der Waals surface area (Å²) in [5.41, 5.74) is 0.560. The van der Waals surface area contributed by atoms with Crippen LogP contribution in [0.4, 0.5) is 0 Å². The van der Waals surface area contributed by atoms with Crippen molar-refractivity contribution in [1.29, 1.82) is 0 Å². The third-order valence-electron chi connectivity index (χ3n) is 3.06. The second kappa shape index (κ2) is 8.53. The first-order valence-electron chi connectivity index (χ1n) is 6.79. The summed E-state index contributed by atoms with van der Waals surface area (Å²) in [6.07, 6.45) is 4.52. The Balaban J connectivity index is 2.63. The molecule has 106 valence electrons. The van der Waals surface area contributed by atoms with E-state index in [4.69, 9.17) is 4.74 Å². The smallest absolute Gasteiger partial charge is 0.327 e. The Bertz CT molecular complexity index is 393. The van der Waals surface area contributed by atoms with E-state index in [0.29, 0.717) is 5.56 Å². The van der Waals surface area contributed by atoms with E-state index in [2.05, 4.69) is 12.2 Å². The van der Waals surface area contributed by atoms with Gasteiger partial charge < -0.3 is 15.2 Å². The highest BCUT2D eigenvalue weighted by molar-refractivity contribution is 5.78. The highest BCUT2D eigenvalue weighted by Crippen LogP contribution is 2.24. The molecule has 0 spiro atoms. The number of nitrogens with one attached hydrogen (secondary N) is 1. The molecular formula is C15H23NO3. The number of hydrogen-bond acceptors (Lipinski definition) is 4. The van der Waals surface area contributed by atoms with Crippen molar-refractivity contribution in [2.24, 2.45) is 0 Å². The van der Waals surface area contributed by atoms with Crippen LogP contribution >= 0.6 is 0 Å². The van der Waals surface area contributed by atoms with Crippen LogP contribution in [0.25, 0.3) is 0 Å². The lowest BCUT2D eigenvalue weighted by Crippen LogP contribution is -2.30. The predicted octanol–water partition coefficient (Wildman–Crippen LogP) is 2.78. The first-order chi connectivity index (χ1) is 9.20. The second-order valence-electron chi connectivity index (χ2n) is 4.53. The van der Waals surface area contributed by atoms with Crippen LogP contribution in [0.1, 0.15) is 44.2 Å². The van der Waals surface area contributed by atoms with Gasteiger partial charge in [0, 0.05) is 5.56 Å². The van der Waals surface area contributed by atoms with Crippen LogP contribution in [0, 0.1) is 0 Å². The van der Waals surface area contributed by atoms with Crippen molar-refractivity contribution >= 4 is 5.97 Å². The zero-order chi connectivity index (χ0) is 14.1. The van der Waals surface area contributed by atoms with E-state index in [-0.39, 0.29) is 11.7 Å². The SMILES string of the molecule is CCCCCCNC(C(=O)OC)c1ccccc1O. The van der Waals surface area contributed by atoms with E-state index < -0.39 is 6.04 Å². The minimum atomic E-state index is -0.604. The number of benzene rings is 1. The normalized spacial score (nSPS) is 12.1. The fraction of sp³-hybridized carbons (Fsp3) is 0.533. The number of rotatable bonds is 8. The maximum Gasteiger partial charge on any atom is 0.327 e. The summed E-state index contributed by atoms with van der Waals surface area (Å²) in [6.45, 7) is 2.89. The molecule has 1 aromatic rings. The average molecular weight is 265 g/mol. The molecule has 0 saturated carbocycles. The average Bonchev–Trinajstić information content (AvgIpc) is 2.43. The van der Waals surface area contributed by atoms with Gasteiger partial charge in [-0.1, -0.05) is 44.4 Å². The number of unbranched alkanes of at least 4 members (excludes halogenated alkanes) is 3. The fourth-order valence-corrected chi connectivity index (χ4v) is 1.97. The molecule has 1 unspecified atom stereocenters. The molecule has 2 N–H and O–H groups in total. The highest BCUT2D eigenvalue weighted by atomic mass is 16.5. The Morgan fingerprint density at radius 2 is 2.05 bits per heavy atom. The number of carbonyl (C=O) groups is 1. The van der Waals surface area contributed by atoms with Gasteiger partial charge in [-0.2, -0.15) is 0 Å². The van der Waals surface area contributed by atoms with Gasteiger partial charge in [0.2, 0.25) is 0 Å². The number of aromatic hydroxyl groups is 1. The molecule has 19 heavy (non-hydrogen) atoms. The summed E-state index contributed by atoms with van der Waals surface area (Å²) in [4.78, 5) is 11.8. The Kier molecular flexibility index (Phi) is 6.97. The van der Waals surface area contributed by atoms with Crippen molar-refractivity contribution in [3.8, 4) is 5.75 Å². The number of phenolic OH excluding ortho intramolecular Hbond substituents is 1. The highest BCUT2D eigenvalue weighted by Gasteiger charge is 2.23. The second-order valence-corrected chi connectivity index (χ2v) is 4.53. The predicted molar refractivity (Wildman–Crippen MR) is 75.0 cm³/mol. The van der Waals surface area contributed by atoms with Crippen LogP contribution in [0.2, 0.25) is 0 Å². The summed E-state index contributed by atoms with van der Waals surface area (Å²) in [7, 11) is 1.36. The molecular weight excluding hydrogens is 242 g/mol. The van der Waals surface area contributed by atoms with Gasteiger partial charge in [0.1, 0.15) is 11.8 Å². The van der Waals surface area contributed by atoms with Crippen molar-refractivity contribution in [3.05, 3.63) is 29.8 Å². The molecule has 1 aromatic carbocycles. The lowest BCUT2D eigenvalue weighted by Gasteiger charge is -2.17. The number of hydrogen-bond donors (Lipinski definition) is 2. The van der Waals surface area contributed by atoms with E-state index >= 15 is 0 Å². The maximum atomic E-state index is 11.8. The molecule has 1 atom stereocenters. The summed E-state index contributed by atoms with van der Waals surface area (Å²) in [5.74, 6) is -0.268. The quantitative estimate of drug-likeness (QED) is 0.560. The third-order valence-corrected chi connectivity index (χ3v) is 3.06. The molecule has 0 radical (unpaired) electrons. The summed E-state index contributed by atoms with van der Waals surface area (Å²) >= 11 is 0. The molecule has 0 aliphatic rings. The van der Waals surface area contributed by atoms with Crippen LogP contribution in [0.3, 0.4) is 0 Å². The van der Waals surface area contributed by atoms with Crippen LogP contribution in [0.5, 0.6) is 5.75 Å². The van der Waals surface area contributed by atoms with Crippen molar-refractivity contribution in [3.63, 3.8) is 0 Å². The fourth-order valence-electron chi connectivity index (χ4n) is 1.97. The van der Waals surface area contributed by atoms with Crippen LogP contribution in [-0.2, 0) is 9.53 Å². The van der Waals surface area contributed by atoms with Crippen molar-refractivity contribution in [2.45, 2.75) is 38.6 Å². The molecule has 0 aromatic heterocycles. The molecule has 0 heterocycles. The van der Waals surface area contributed by atoms with Gasteiger partial charge in [0.15, 0.2) is 0 Å². The van der Waals surface area contributed by atoms with Crippen molar-refractivity contribution < 1.29 is 14.6 Å². The number of phenols is 1. The number of carbonyl (C=O) groups excluding carboxylic acids is 1. The van der Waals surface area contributed by atoms with Gasteiger partial charge in [-0.05, 0) is 19.0 Å². The van der Waals surface area contributed by atoms with E-state index in [0.717, 1.165) is 19.4 Å². The summed E-state index contributed by atoms with van der Waals surface area (Å²) in [6, 6.07) is 6.23. The topological polar surface area (TPSA) is 58.6 Å². The largest absolute Gasteiger partial charge is 0.508 e. The van der Waals surface area contributed by atoms with E-state index in [1.807, 2.05) is 0 Å². The number of ether oxygens (including phenoxy) is 1. The zero-order valence-electron chi connectivity index (χ0n) is 11.7. The Morgan fingerprint density at radius 3 is 2.68 bits per heavy atom. The molecule has 0 aliphatic carbocycles. The molecule has 0 amide bonds. The van der Waals surface area contributed by atoms with Crippen LogP contribution < -0.4 is 5.32 Å². The first kappa shape index (κ1) is 15.5. The van der Waals surface area contributed by atoms with Gasteiger partial charge in [-0.15, -0.1) is 0 Å². The molecule has 0 aliphatic heterocycles. The monoisotopic (exact) mass is 265 g/mol. The van der Waals surface area contributed by atoms with Crippen LogP contribution in [0.15, 0.2) is 24.3 Å². The molecule has 0 fully saturated rings. The minimum Gasteiger partial charge on any atom is -0.508 e. The van der Waals surface area contributed by atoms with Crippen molar-refractivity contribution in [2.75, 3.05) is 13.7 Å². The Labute approximate surface area is 114 Å². The number of para-hydroxylation sites is 1. The third kappa shape index (κ3) is 4.91.